The zero-order valence-electron chi connectivity index (χ0n) is 10.8. The molecule has 0 radical (unpaired) electrons. The molecule has 0 atom stereocenters. The summed E-state index contributed by atoms with van der Waals surface area (Å²) in [6.07, 6.45) is 0. The van der Waals surface area contributed by atoms with Gasteiger partial charge in [-0.05, 0) is 54.3 Å². The first-order valence-corrected chi connectivity index (χ1v) is 5.88. The summed E-state index contributed by atoms with van der Waals surface area (Å²) in [5, 5.41) is 18.1. The highest BCUT2D eigenvalue weighted by atomic mass is 16.4. The molecule has 0 aliphatic carbocycles. The number of hydrogen-bond acceptors (Lipinski definition) is 2. The molecule has 0 aromatic heterocycles. The van der Waals surface area contributed by atoms with Crippen molar-refractivity contribution in [1.29, 1.82) is 5.26 Å². The lowest BCUT2D eigenvalue weighted by Crippen LogP contribution is -2.01. The van der Waals surface area contributed by atoms with Crippen LogP contribution in [0.5, 0.6) is 0 Å². The Kier molecular flexibility index (Phi) is 3.35. The molecule has 0 aliphatic heterocycles. The average molecular weight is 251 g/mol. The summed E-state index contributed by atoms with van der Waals surface area (Å²) >= 11 is 0. The number of aryl methyl sites for hydroxylation is 2. The van der Waals surface area contributed by atoms with Gasteiger partial charge in [0, 0.05) is 0 Å². The van der Waals surface area contributed by atoms with E-state index in [0.717, 1.165) is 22.3 Å². The fraction of sp³-hybridized carbons (Fsp3) is 0.125. The second-order valence-electron chi connectivity index (χ2n) is 4.48. The van der Waals surface area contributed by atoms with E-state index in [1.165, 1.54) is 0 Å². The third-order valence-electron chi connectivity index (χ3n) is 3.10. The molecule has 1 N–H and O–H groups in total. The second kappa shape index (κ2) is 4.95. The van der Waals surface area contributed by atoms with Crippen molar-refractivity contribution in [1.82, 2.24) is 0 Å². The molecule has 3 heteroatoms. The lowest BCUT2D eigenvalue weighted by molar-refractivity contribution is 0.0696. The van der Waals surface area contributed by atoms with Crippen molar-refractivity contribution in [3.05, 3.63) is 58.7 Å². The molecule has 19 heavy (non-hydrogen) atoms. The Bertz CT molecular complexity index is 696. The van der Waals surface area contributed by atoms with Crippen LogP contribution in [0, 0.1) is 25.2 Å². The lowest BCUT2D eigenvalue weighted by atomic mass is 9.94. The molecular weight excluding hydrogens is 238 g/mol. The van der Waals surface area contributed by atoms with Gasteiger partial charge in [-0.25, -0.2) is 4.79 Å². The number of hydrogen-bond donors (Lipinski definition) is 1. The first-order valence-electron chi connectivity index (χ1n) is 5.88. The molecule has 0 bridgehead atoms. The van der Waals surface area contributed by atoms with Gasteiger partial charge in [0.2, 0.25) is 0 Å². The molecule has 0 fully saturated rings. The number of benzene rings is 2. The van der Waals surface area contributed by atoms with Crippen LogP contribution in [0.3, 0.4) is 0 Å². The third-order valence-corrected chi connectivity index (χ3v) is 3.10. The maximum atomic E-state index is 11.2. The molecule has 0 amide bonds. The van der Waals surface area contributed by atoms with E-state index >= 15 is 0 Å². The summed E-state index contributed by atoms with van der Waals surface area (Å²) < 4.78 is 0. The van der Waals surface area contributed by atoms with Crippen LogP contribution in [0.1, 0.15) is 27.0 Å². The number of nitriles is 1. The van der Waals surface area contributed by atoms with Gasteiger partial charge in [0.25, 0.3) is 0 Å². The van der Waals surface area contributed by atoms with E-state index in [1.807, 2.05) is 19.1 Å². The van der Waals surface area contributed by atoms with Gasteiger partial charge in [0.15, 0.2) is 0 Å². The smallest absolute Gasteiger partial charge is 0.335 e. The van der Waals surface area contributed by atoms with Gasteiger partial charge in [-0.15, -0.1) is 0 Å². The van der Waals surface area contributed by atoms with E-state index in [2.05, 4.69) is 6.07 Å². The van der Waals surface area contributed by atoms with E-state index < -0.39 is 5.97 Å². The van der Waals surface area contributed by atoms with Crippen LogP contribution in [-0.4, -0.2) is 11.1 Å². The lowest BCUT2D eigenvalue weighted by Gasteiger charge is -2.10. The Morgan fingerprint density at radius 3 is 2.53 bits per heavy atom. The van der Waals surface area contributed by atoms with Crippen LogP contribution in [0.15, 0.2) is 36.4 Å². The predicted octanol–water partition coefficient (Wildman–Crippen LogP) is 3.54. The van der Waals surface area contributed by atoms with Crippen LogP contribution in [-0.2, 0) is 0 Å². The molecule has 2 aromatic rings. The highest BCUT2D eigenvalue weighted by Crippen LogP contribution is 2.27. The summed E-state index contributed by atoms with van der Waals surface area (Å²) in [5.41, 5.74) is 4.30. The Morgan fingerprint density at radius 1 is 1.16 bits per heavy atom. The number of aromatic carboxylic acids is 1. The number of rotatable bonds is 2. The van der Waals surface area contributed by atoms with E-state index in [4.69, 9.17) is 5.26 Å². The van der Waals surface area contributed by atoms with Gasteiger partial charge in [-0.2, -0.15) is 5.26 Å². The predicted molar refractivity (Wildman–Crippen MR) is 73.0 cm³/mol. The van der Waals surface area contributed by atoms with Gasteiger partial charge in [-0.1, -0.05) is 18.2 Å². The molecule has 2 rings (SSSR count). The number of nitrogens with zero attached hydrogens (tertiary/aromatic N) is 1. The van der Waals surface area contributed by atoms with E-state index in [-0.39, 0.29) is 0 Å². The highest BCUT2D eigenvalue weighted by Gasteiger charge is 2.11. The molecule has 0 spiro atoms. The van der Waals surface area contributed by atoms with Gasteiger partial charge in [0.1, 0.15) is 0 Å². The molecule has 0 aliphatic rings. The molecule has 3 nitrogen and oxygen atoms in total. The average Bonchev–Trinajstić information content (AvgIpc) is 2.38. The summed E-state index contributed by atoms with van der Waals surface area (Å²) in [6.45, 7) is 3.72. The minimum atomic E-state index is -0.935. The first-order chi connectivity index (χ1) is 9.02. The van der Waals surface area contributed by atoms with Crippen LogP contribution in [0.2, 0.25) is 0 Å². The quantitative estimate of drug-likeness (QED) is 0.888. The summed E-state index contributed by atoms with van der Waals surface area (Å²) in [6, 6.07) is 12.8. The molecule has 0 unspecified atom stereocenters. The Labute approximate surface area is 111 Å². The second-order valence-corrected chi connectivity index (χ2v) is 4.48. The van der Waals surface area contributed by atoms with Crippen molar-refractivity contribution in [2.75, 3.05) is 0 Å². The summed E-state index contributed by atoms with van der Waals surface area (Å²) in [5.74, 6) is -0.935. The van der Waals surface area contributed by atoms with Crippen LogP contribution in [0.4, 0.5) is 0 Å². The largest absolute Gasteiger partial charge is 0.478 e. The zero-order chi connectivity index (χ0) is 14.0. The standard InChI is InChI=1S/C16H13NO2/c1-10-6-11(2)15(16(18)19)8-14(10)13-5-3-4-12(7-13)9-17/h3-8H,1-2H3,(H,18,19). The van der Waals surface area contributed by atoms with Crippen LogP contribution < -0.4 is 0 Å². The molecule has 0 heterocycles. The molecule has 0 saturated carbocycles. The maximum absolute atomic E-state index is 11.2. The van der Waals surface area contributed by atoms with E-state index in [9.17, 15) is 9.90 Å². The Hall–Kier alpha value is -2.60. The Morgan fingerprint density at radius 2 is 1.89 bits per heavy atom. The van der Waals surface area contributed by atoms with Gasteiger partial charge >= 0.3 is 5.97 Å². The minimum Gasteiger partial charge on any atom is -0.478 e. The number of carboxylic acids is 1. The SMILES string of the molecule is Cc1cc(C)c(-c2cccc(C#N)c2)cc1C(=O)O. The minimum absolute atomic E-state index is 0.294. The van der Waals surface area contributed by atoms with E-state index in [1.54, 1.807) is 31.2 Å². The first kappa shape index (κ1) is 12.8. The summed E-state index contributed by atoms with van der Waals surface area (Å²) in [7, 11) is 0. The number of carboxylic acid groups (broad SMARTS) is 1. The van der Waals surface area contributed by atoms with Gasteiger partial charge in [-0.3, -0.25) is 0 Å². The normalized spacial score (nSPS) is 9.95. The van der Waals surface area contributed by atoms with Crippen molar-refractivity contribution in [2.24, 2.45) is 0 Å². The monoisotopic (exact) mass is 251 g/mol. The van der Waals surface area contributed by atoms with Crippen LogP contribution >= 0.6 is 0 Å². The maximum Gasteiger partial charge on any atom is 0.335 e. The zero-order valence-corrected chi connectivity index (χ0v) is 10.8. The van der Waals surface area contributed by atoms with E-state index in [0.29, 0.717) is 11.1 Å². The van der Waals surface area contributed by atoms with Gasteiger partial charge in [0.05, 0.1) is 17.2 Å². The fourth-order valence-electron chi connectivity index (χ4n) is 2.15. The summed E-state index contributed by atoms with van der Waals surface area (Å²) in [4.78, 5) is 11.2. The van der Waals surface area contributed by atoms with Crippen LogP contribution in [0.25, 0.3) is 11.1 Å². The van der Waals surface area contributed by atoms with Crippen molar-refractivity contribution in [2.45, 2.75) is 13.8 Å². The van der Waals surface area contributed by atoms with Crippen molar-refractivity contribution in [3.63, 3.8) is 0 Å². The fourth-order valence-corrected chi connectivity index (χ4v) is 2.15. The van der Waals surface area contributed by atoms with Crippen molar-refractivity contribution in [3.8, 4) is 17.2 Å². The number of carbonyl (C=O) groups is 1. The third kappa shape index (κ3) is 2.48. The topological polar surface area (TPSA) is 61.1 Å². The Balaban J connectivity index is 2.65. The molecular formula is C16H13NO2. The highest BCUT2D eigenvalue weighted by molar-refractivity contribution is 5.91. The molecule has 94 valence electrons. The van der Waals surface area contributed by atoms with Crippen molar-refractivity contribution >= 4 is 5.97 Å². The molecule has 2 aromatic carbocycles. The van der Waals surface area contributed by atoms with Crippen molar-refractivity contribution < 1.29 is 9.90 Å². The van der Waals surface area contributed by atoms with Gasteiger partial charge < -0.3 is 5.11 Å². The molecule has 0 saturated heterocycles.